The fraction of sp³-hybridized carbons (Fsp3) is 0.533. The first-order valence-electron chi connectivity index (χ1n) is 7.23. The number of carboxylic acid groups (broad SMARTS) is 1. The van der Waals surface area contributed by atoms with Crippen LogP contribution >= 0.6 is 11.8 Å². The lowest BCUT2D eigenvalue weighted by Gasteiger charge is -2.23. The molecule has 6 heteroatoms. The molecule has 0 spiro atoms. The minimum Gasteiger partial charge on any atom is -0.478 e. The molecule has 2 rings (SSSR count). The first kappa shape index (κ1) is 15.8. The smallest absolute Gasteiger partial charge is 0.338 e. The molecule has 1 fully saturated rings. The monoisotopic (exact) mass is 308 g/mol. The molecule has 1 saturated heterocycles. The van der Waals surface area contributed by atoms with E-state index in [0.717, 1.165) is 25.9 Å². The number of carbonyl (C=O) groups is 2. The van der Waals surface area contributed by atoms with Crippen molar-refractivity contribution in [1.82, 2.24) is 9.88 Å². The average Bonchev–Trinajstić information content (AvgIpc) is 2.75. The third kappa shape index (κ3) is 4.20. The Morgan fingerprint density at radius 1 is 1.29 bits per heavy atom. The maximum absolute atomic E-state index is 12.5. The van der Waals surface area contributed by atoms with Crippen molar-refractivity contribution >= 4 is 23.6 Å². The third-order valence-electron chi connectivity index (χ3n) is 3.56. The molecule has 1 aromatic rings. The number of hydrogen-bond donors (Lipinski definition) is 1. The summed E-state index contributed by atoms with van der Waals surface area (Å²) >= 11 is 1.22. The Balaban J connectivity index is 2.05. The first-order valence-corrected chi connectivity index (χ1v) is 8.11. The van der Waals surface area contributed by atoms with Crippen LogP contribution in [0, 0.1) is 0 Å². The number of aromatic nitrogens is 1. The molecule has 1 unspecified atom stereocenters. The topological polar surface area (TPSA) is 70.5 Å². The maximum Gasteiger partial charge on any atom is 0.338 e. The summed E-state index contributed by atoms with van der Waals surface area (Å²) in [5.74, 6) is -0.941. The summed E-state index contributed by atoms with van der Waals surface area (Å²) in [4.78, 5) is 29.6. The number of aromatic carboxylic acids is 1. The highest BCUT2D eigenvalue weighted by molar-refractivity contribution is 8.00. The van der Waals surface area contributed by atoms with Crippen LogP contribution in [0.1, 0.15) is 43.0 Å². The van der Waals surface area contributed by atoms with Crippen LogP contribution in [0.15, 0.2) is 23.4 Å². The van der Waals surface area contributed by atoms with Gasteiger partial charge in [-0.1, -0.05) is 24.6 Å². The van der Waals surface area contributed by atoms with Crippen LogP contribution in [-0.4, -0.2) is 45.2 Å². The number of rotatable bonds is 4. The molecule has 0 aliphatic carbocycles. The van der Waals surface area contributed by atoms with Crippen molar-refractivity contribution in [2.45, 2.75) is 42.9 Å². The van der Waals surface area contributed by atoms with Gasteiger partial charge in [0.2, 0.25) is 5.91 Å². The highest BCUT2D eigenvalue weighted by Crippen LogP contribution is 2.26. The van der Waals surface area contributed by atoms with Gasteiger partial charge < -0.3 is 10.0 Å². The molecule has 0 radical (unpaired) electrons. The van der Waals surface area contributed by atoms with Crippen molar-refractivity contribution in [3.63, 3.8) is 0 Å². The predicted molar refractivity (Wildman–Crippen MR) is 81.6 cm³/mol. The predicted octanol–water partition coefficient (Wildman–Crippen LogP) is 2.66. The Hall–Kier alpha value is -1.56. The first-order chi connectivity index (χ1) is 10.1. The number of thioether (sulfide) groups is 1. The molecule has 21 heavy (non-hydrogen) atoms. The number of carbonyl (C=O) groups excluding carboxylic acids is 1. The van der Waals surface area contributed by atoms with Crippen molar-refractivity contribution in [2.24, 2.45) is 0 Å². The summed E-state index contributed by atoms with van der Waals surface area (Å²) in [6.45, 7) is 3.42. The summed E-state index contributed by atoms with van der Waals surface area (Å²) in [7, 11) is 0. The lowest BCUT2D eigenvalue weighted by Crippen LogP contribution is -2.37. The number of pyridine rings is 1. The second-order valence-electron chi connectivity index (χ2n) is 5.16. The maximum atomic E-state index is 12.5. The summed E-state index contributed by atoms with van der Waals surface area (Å²) in [6, 6.07) is 3.11. The van der Waals surface area contributed by atoms with Gasteiger partial charge in [-0.05, 0) is 31.9 Å². The van der Waals surface area contributed by atoms with Gasteiger partial charge in [-0.3, -0.25) is 4.79 Å². The van der Waals surface area contributed by atoms with Crippen molar-refractivity contribution in [3.05, 3.63) is 23.9 Å². The standard InChI is InChI=1S/C15H20N2O3S/c1-11(14(18)17-9-4-2-3-5-10-17)21-13-12(15(19)20)7-6-8-16-13/h6-8,11H,2-5,9-10H2,1H3,(H,19,20). The molecular weight excluding hydrogens is 288 g/mol. The summed E-state index contributed by atoms with van der Waals surface area (Å²) < 4.78 is 0. The number of hydrogen-bond acceptors (Lipinski definition) is 4. The Bertz CT molecular complexity index is 513. The van der Waals surface area contributed by atoms with E-state index in [2.05, 4.69) is 4.98 Å². The van der Waals surface area contributed by atoms with Gasteiger partial charge in [0.15, 0.2) is 0 Å². The van der Waals surface area contributed by atoms with E-state index in [1.54, 1.807) is 12.3 Å². The van der Waals surface area contributed by atoms with E-state index in [-0.39, 0.29) is 16.7 Å². The fourth-order valence-corrected chi connectivity index (χ4v) is 3.40. The van der Waals surface area contributed by atoms with E-state index < -0.39 is 5.97 Å². The summed E-state index contributed by atoms with van der Waals surface area (Å²) in [6.07, 6.45) is 6.00. The van der Waals surface area contributed by atoms with Gasteiger partial charge in [0.1, 0.15) is 5.03 Å². The van der Waals surface area contributed by atoms with Gasteiger partial charge in [-0.25, -0.2) is 9.78 Å². The van der Waals surface area contributed by atoms with E-state index >= 15 is 0 Å². The largest absolute Gasteiger partial charge is 0.478 e. The molecule has 1 aromatic heterocycles. The zero-order valence-corrected chi connectivity index (χ0v) is 12.9. The van der Waals surface area contributed by atoms with Gasteiger partial charge in [-0.15, -0.1) is 0 Å². The van der Waals surface area contributed by atoms with Crippen molar-refractivity contribution in [1.29, 1.82) is 0 Å². The molecule has 1 amide bonds. The van der Waals surface area contributed by atoms with Crippen LogP contribution in [0.5, 0.6) is 0 Å². The second kappa shape index (κ2) is 7.45. The zero-order valence-electron chi connectivity index (χ0n) is 12.1. The average molecular weight is 308 g/mol. The molecule has 114 valence electrons. The van der Waals surface area contributed by atoms with Gasteiger partial charge in [0.05, 0.1) is 10.8 Å². The van der Waals surface area contributed by atoms with E-state index in [0.29, 0.717) is 5.03 Å². The zero-order chi connectivity index (χ0) is 15.2. The van der Waals surface area contributed by atoms with Gasteiger partial charge in [0, 0.05) is 19.3 Å². The van der Waals surface area contributed by atoms with Crippen molar-refractivity contribution in [3.8, 4) is 0 Å². The lowest BCUT2D eigenvalue weighted by molar-refractivity contribution is -0.130. The number of nitrogens with zero attached hydrogens (tertiary/aromatic N) is 2. The Morgan fingerprint density at radius 2 is 1.95 bits per heavy atom. The van der Waals surface area contributed by atoms with Crippen LogP contribution in [0.2, 0.25) is 0 Å². The molecule has 1 atom stereocenters. The second-order valence-corrected chi connectivity index (χ2v) is 6.49. The normalized spacial score (nSPS) is 17.1. The lowest BCUT2D eigenvalue weighted by atomic mass is 10.2. The number of likely N-dealkylation sites (tertiary alicyclic amines) is 1. The van der Waals surface area contributed by atoms with Gasteiger partial charge in [0.25, 0.3) is 0 Å². The minimum absolute atomic E-state index is 0.0730. The molecular formula is C15H20N2O3S. The van der Waals surface area contributed by atoms with Crippen molar-refractivity contribution in [2.75, 3.05) is 13.1 Å². The van der Waals surface area contributed by atoms with Crippen molar-refractivity contribution < 1.29 is 14.7 Å². The van der Waals surface area contributed by atoms with E-state index in [9.17, 15) is 9.59 Å². The molecule has 1 N–H and O–H groups in total. The quantitative estimate of drug-likeness (QED) is 0.866. The fourth-order valence-electron chi connectivity index (χ4n) is 2.41. The van der Waals surface area contributed by atoms with Gasteiger partial charge in [-0.2, -0.15) is 0 Å². The van der Waals surface area contributed by atoms with Crippen LogP contribution in [0.25, 0.3) is 0 Å². The third-order valence-corrected chi connectivity index (χ3v) is 4.66. The number of carboxylic acids is 1. The molecule has 0 bridgehead atoms. The number of amides is 1. The molecule has 1 aliphatic rings. The van der Waals surface area contributed by atoms with E-state index in [1.165, 1.54) is 30.7 Å². The van der Waals surface area contributed by atoms with E-state index in [4.69, 9.17) is 5.11 Å². The molecule has 5 nitrogen and oxygen atoms in total. The van der Waals surface area contributed by atoms with Gasteiger partial charge >= 0.3 is 5.97 Å². The van der Waals surface area contributed by atoms with E-state index in [1.807, 2.05) is 11.8 Å². The molecule has 1 aliphatic heterocycles. The summed E-state index contributed by atoms with van der Waals surface area (Å²) in [5, 5.41) is 9.23. The highest BCUT2D eigenvalue weighted by Gasteiger charge is 2.24. The van der Waals surface area contributed by atoms with Crippen LogP contribution in [0.3, 0.4) is 0 Å². The Kier molecular flexibility index (Phi) is 5.61. The SMILES string of the molecule is CC(Sc1ncccc1C(=O)O)C(=O)N1CCCCCC1. The Morgan fingerprint density at radius 3 is 2.57 bits per heavy atom. The molecule has 0 saturated carbocycles. The van der Waals surface area contributed by atoms with Crippen LogP contribution in [-0.2, 0) is 4.79 Å². The molecule has 0 aromatic carbocycles. The van der Waals surface area contributed by atoms with Crippen LogP contribution in [0.4, 0.5) is 0 Å². The highest BCUT2D eigenvalue weighted by atomic mass is 32.2. The Labute approximate surface area is 128 Å². The minimum atomic E-state index is -1.01. The van der Waals surface area contributed by atoms with Crippen LogP contribution < -0.4 is 0 Å². The summed E-state index contributed by atoms with van der Waals surface area (Å²) in [5.41, 5.74) is 0.151. The molecule has 2 heterocycles.